The lowest BCUT2D eigenvalue weighted by Gasteiger charge is -2.04. The topological polar surface area (TPSA) is 42.0 Å². The molecule has 0 saturated heterocycles. The third kappa shape index (κ3) is 5.59. The lowest BCUT2D eigenvalue weighted by molar-refractivity contribution is -0.113. The van der Waals surface area contributed by atoms with Crippen LogP contribution in [0.5, 0.6) is 0 Å². The minimum absolute atomic E-state index is 0.0420. The lowest BCUT2D eigenvalue weighted by atomic mass is 10.0. The van der Waals surface area contributed by atoms with Gasteiger partial charge >= 0.3 is 0 Å². The Morgan fingerprint density at radius 1 is 0.933 bits per heavy atom. The van der Waals surface area contributed by atoms with Crippen molar-refractivity contribution in [3.8, 4) is 11.3 Å². The van der Waals surface area contributed by atoms with E-state index < -0.39 is 0 Å². The van der Waals surface area contributed by atoms with Crippen LogP contribution in [0.15, 0.2) is 89.1 Å². The molecule has 3 nitrogen and oxygen atoms in total. The van der Waals surface area contributed by atoms with Gasteiger partial charge in [0, 0.05) is 15.8 Å². The molecule has 0 aliphatic carbocycles. The number of carbonyl (C=O) groups excluding carboxylic acids is 1. The van der Waals surface area contributed by atoms with Gasteiger partial charge in [-0.15, -0.1) is 23.1 Å². The fourth-order valence-electron chi connectivity index (χ4n) is 3.03. The molecule has 3 aromatic carbocycles. The Morgan fingerprint density at radius 3 is 2.37 bits per heavy atom. The SMILES string of the molecule is Cc1ccc(SCC(=O)Nc2nc(-c3ccc(Cc4ccccc4)cc3)cs2)cc1. The second-order valence-electron chi connectivity index (χ2n) is 7.05. The molecule has 1 N–H and O–H groups in total. The number of benzene rings is 3. The highest BCUT2D eigenvalue weighted by molar-refractivity contribution is 8.00. The molecule has 0 fully saturated rings. The number of aryl methyl sites for hydroxylation is 1. The van der Waals surface area contributed by atoms with Crippen LogP contribution in [0.1, 0.15) is 16.7 Å². The van der Waals surface area contributed by atoms with Crippen LogP contribution >= 0.6 is 23.1 Å². The highest BCUT2D eigenvalue weighted by Gasteiger charge is 2.09. The number of thioether (sulfide) groups is 1. The van der Waals surface area contributed by atoms with Gasteiger partial charge in [0.1, 0.15) is 0 Å². The molecule has 0 unspecified atom stereocenters. The third-order valence-electron chi connectivity index (χ3n) is 4.64. The molecule has 4 aromatic rings. The molecular weight excluding hydrogens is 408 g/mol. The molecule has 5 heteroatoms. The van der Waals surface area contributed by atoms with Gasteiger partial charge in [-0.05, 0) is 36.6 Å². The number of aromatic nitrogens is 1. The van der Waals surface area contributed by atoms with Crippen molar-refractivity contribution in [2.24, 2.45) is 0 Å². The summed E-state index contributed by atoms with van der Waals surface area (Å²) in [5.41, 5.74) is 5.71. The number of thiazole rings is 1. The summed E-state index contributed by atoms with van der Waals surface area (Å²) in [7, 11) is 0. The Hall–Kier alpha value is -2.89. The number of nitrogens with zero attached hydrogens (tertiary/aromatic N) is 1. The second kappa shape index (κ2) is 9.74. The zero-order valence-electron chi connectivity index (χ0n) is 16.7. The van der Waals surface area contributed by atoms with Crippen LogP contribution < -0.4 is 5.32 Å². The number of carbonyl (C=O) groups is 1. The number of amides is 1. The van der Waals surface area contributed by atoms with E-state index in [1.165, 1.54) is 39.8 Å². The van der Waals surface area contributed by atoms with Crippen LogP contribution in [-0.4, -0.2) is 16.6 Å². The van der Waals surface area contributed by atoms with Crippen molar-refractivity contribution in [3.05, 3.63) is 101 Å². The van der Waals surface area contributed by atoms with Crippen LogP contribution in [0, 0.1) is 6.92 Å². The average Bonchev–Trinajstić information content (AvgIpc) is 3.23. The summed E-state index contributed by atoms with van der Waals surface area (Å²) in [6, 6.07) is 27.1. The molecule has 1 aromatic heterocycles. The van der Waals surface area contributed by atoms with Gasteiger partial charge in [0.25, 0.3) is 0 Å². The van der Waals surface area contributed by atoms with Crippen molar-refractivity contribution in [1.82, 2.24) is 4.98 Å². The number of nitrogens with one attached hydrogen (secondary N) is 1. The van der Waals surface area contributed by atoms with E-state index in [-0.39, 0.29) is 5.91 Å². The Labute approximate surface area is 185 Å². The van der Waals surface area contributed by atoms with Gasteiger partial charge in [0.05, 0.1) is 11.4 Å². The standard InChI is InChI=1S/C25H22N2OS2/c1-18-7-13-22(14-8-18)29-17-24(28)27-25-26-23(16-30-25)21-11-9-20(10-12-21)15-19-5-3-2-4-6-19/h2-14,16H,15,17H2,1H3,(H,26,27,28). The molecule has 0 bridgehead atoms. The summed E-state index contributed by atoms with van der Waals surface area (Å²) < 4.78 is 0. The first kappa shape index (κ1) is 20.4. The molecule has 0 aliphatic heterocycles. The van der Waals surface area contributed by atoms with E-state index in [9.17, 15) is 4.79 Å². The molecule has 4 rings (SSSR count). The number of anilines is 1. The molecule has 150 valence electrons. The van der Waals surface area contributed by atoms with E-state index in [2.05, 4.69) is 77.9 Å². The molecular formula is C25H22N2OS2. The first-order valence-corrected chi connectivity index (χ1v) is 11.6. The summed E-state index contributed by atoms with van der Waals surface area (Å²) in [4.78, 5) is 17.9. The highest BCUT2D eigenvalue weighted by atomic mass is 32.2. The van der Waals surface area contributed by atoms with Crippen LogP contribution in [-0.2, 0) is 11.2 Å². The minimum atomic E-state index is -0.0420. The van der Waals surface area contributed by atoms with Gasteiger partial charge in [-0.25, -0.2) is 4.98 Å². The van der Waals surface area contributed by atoms with Gasteiger partial charge in [0.15, 0.2) is 5.13 Å². The zero-order chi connectivity index (χ0) is 20.8. The van der Waals surface area contributed by atoms with Crippen LogP contribution in [0.25, 0.3) is 11.3 Å². The Balaban J connectivity index is 1.33. The summed E-state index contributed by atoms with van der Waals surface area (Å²) in [5.74, 6) is 0.325. The molecule has 0 aliphatic rings. The van der Waals surface area contributed by atoms with Crippen LogP contribution in [0.4, 0.5) is 5.13 Å². The fraction of sp³-hybridized carbons (Fsp3) is 0.120. The number of hydrogen-bond donors (Lipinski definition) is 1. The monoisotopic (exact) mass is 430 g/mol. The van der Waals surface area contributed by atoms with Crippen LogP contribution in [0.3, 0.4) is 0 Å². The van der Waals surface area contributed by atoms with E-state index in [0.29, 0.717) is 10.9 Å². The molecule has 1 amide bonds. The van der Waals surface area contributed by atoms with Crippen molar-refractivity contribution in [2.75, 3.05) is 11.1 Å². The summed E-state index contributed by atoms with van der Waals surface area (Å²) in [5, 5.41) is 5.52. The minimum Gasteiger partial charge on any atom is -0.301 e. The molecule has 1 heterocycles. The zero-order valence-corrected chi connectivity index (χ0v) is 18.3. The van der Waals surface area contributed by atoms with Gasteiger partial charge in [0.2, 0.25) is 5.91 Å². The maximum absolute atomic E-state index is 12.3. The van der Waals surface area contributed by atoms with E-state index in [4.69, 9.17) is 0 Å². The van der Waals surface area contributed by atoms with Crippen molar-refractivity contribution in [2.45, 2.75) is 18.2 Å². The quantitative estimate of drug-likeness (QED) is 0.343. The average molecular weight is 431 g/mol. The number of hydrogen-bond acceptors (Lipinski definition) is 4. The summed E-state index contributed by atoms with van der Waals surface area (Å²) in [6.07, 6.45) is 0.915. The lowest BCUT2D eigenvalue weighted by Crippen LogP contribution is -2.13. The Morgan fingerprint density at radius 2 is 1.63 bits per heavy atom. The predicted octanol–water partition coefficient (Wildman–Crippen LogP) is 6.44. The molecule has 0 saturated carbocycles. The van der Waals surface area contributed by atoms with E-state index in [1.54, 1.807) is 0 Å². The predicted molar refractivity (Wildman–Crippen MR) is 127 cm³/mol. The van der Waals surface area contributed by atoms with Crippen molar-refractivity contribution in [1.29, 1.82) is 0 Å². The largest absolute Gasteiger partial charge is 0.301 e. The Kier molecular flexibility index (Phi) is 6.62. The van der Waals surface area contributed by atoms with E-state index in [1.807, 2.05) is 23.6 Å². The third-order valence-corrected chi connectivity index (χ3v) is 6.41. The molecule has 30 heavy (non-hydrogen) atoms. The molecule has 0 atom stereocenters. The normalized spacial score (nSPS) is 10.7. The van der Waals surface area contributed by atoms with Crippen molar-refractivity contribution < 1.29 is 4.79 Å². The maximum Gasteiger partial charge on any atom is 0.236 e. The van der Waals surface area contributed by atoms with Gasteiger partial charge in [-0.3, -0.25) is 4.79 Å². The summed E-state index contributed by atoms with van der Waals surface area (Å²) >= 11 is 2.98. The first-order chi connectivity index (χ1) is 14.7. The summed E-state index contributed by atoms with van der Waals surface area (Å²) in [6.45, 7) is 2.05. The van der Waals surface area contributed by atoms with Gasteiger partial charge < -0.3 is 5.32 Å². The second-order valence-corrected chi connectivity index (χ2v) is 8.95. The van der Waals surface area contributed by atoms with E-state index >= 15 is 0 Å². The first-order valence-electron chi connectivity index (χ1n) is 9.74. The van der Waals surface area contributed by atoms with Gasteiger partial charge in [-0.2, -0.15) is 0 Å². The van der Waals surface area contributed by atoms with Crippen molar-refractivity contribution in [3.63, 3.8) is 0 Å². The highest BCUT2D eigenvalue weighted by Crippen LogP contribution is 2.26. The Bertz CT molecular complexity index is 1100. The van der Waals surface area contributed by atoms with E-state index in [0.717, 1.165) is 22.6 Å². The molecule has 0 spiro atoms. The number of rotatable bonds is 7. The van der Waals surface area contributed by atoms with Crippen LogP contribution in [0.2, 0.25) is 0 Å². The van der Waals surface area contributed by atoms with Crippen molar-refractivity contribution >= 4 is 34.1 Å². The maximum atomic E-state index is 12.3. The smallest absolute Gasteiger partial charge is 0.236 e. The molecule has 0 radical (unpaired) electrons. The fourth-order valence-corrected chi connectivity index (χ4v) is 4.46. The van der Waals surface area contributed by atoms with Gasteiger partial charge in [-0.1, -0.05) is 72.3 Å².